The van der Waals surface area contributed by atoms with E-state index in [1.54, 1.807) is 11.9 Å². The molecule has 0 aliphatic heterocycles. The number of amides is 1. The lowest BCUT2D eigenvalue weighted by Crippen LogP contribution is -2.42. The fourth-order valence-electron chi connectivity index (χ4n) is 2.76. The van der Waals surface area contributed by atoms with E-state index in [9.17, 15) is 9.59 Å². The monoisotopic (exact) mass is 265 g/mol. The maximum absolute atomic E-state index is 12.3. The standard InChI is InChI=1S/C14H19NO4/c1-9-5-3-4-6-11(9)15(2)13(16)12-7-10(8-19-12)14(17)18/h7-9,11H,3-6H2,1-2H3,(H,17,18). The lowest BCUT2D eigenvalue weighted by Gasteiger charge is -2.35. The van der Waals surface area contributed by atoms with Crippen LogP contribution >= 0.6 is 0 Å². The Labute approximate surface area is 112 Å². The molecule has 1 aromatic heterocycles. The number of carbonyl (C=O) groups is 2. The molecule has 2 rings (SSSR count). The summed E-state index contributed by atoms with van der Waals surface area (Å²) in [6.07, 6.45) is 5.57. The first-order valence-corrected chi connectivity index (χ1v) is 6.59. The third-order valence-electron chi connectivity index (χ3n) is 3.94. The van der Waals surface area contributed by atoms with Crippen molar-refractivity contribution in [2.45, 2.75) is 38.6 Å². The Morgan fingerprint density at radius 1 is 1.37 bits per heavy atom. The van der Waals surface area contributed by atoms with Gasteiger partial charge in [-0.25, -0.2) is 4.79 Å². The minimum Gasteiger partial charge on any atom is -0.478 e. The van der Waals surface area contributed by atoms with E-state index in [0.717, 1.165) is 25.5 Å². The number of rotatable bonds is 3. The molecule has 2 atom stereocenters. The molecule has 2 unspecified atom stereocenters. The highest BCUT2D eigenvalue weighted by Gasteiger charge is 2.29. The van der Waals surface area contributed by atoms with Crippen molar-refractivity contribution in [3.63, 3.8) is 0 Å². The fourth-order valence-corrected chi connectivity index (χ4v) is 2.76. The molecule has 0 aromatic carbocycles. The van der Waals surface area contributed by atoms with Crippen LogP contribution in [0.15, 0.2) is 16.7 Å². The van der Waals surface area contributed by atoms with Crippen molar-refractivity contribution in [1.82, 2.24) is 4.90 Å². The van der Waals surface area contributed by atoms with Gasteiger partial charge in [-0.3, -0.25) is 4.79 Å². The number of furan rings is 1. The first kappa shape index (κ1) is 13.6. The van der Waals surface area contributed by atoms with Gasteiger partial charge in [0.2, 0.25) is 0 Å². The summed E-state index contributed by atoms with van der Waals surface area (Å²) in [4.78, 5) is 24.7. The molecule has 1 saturated carbocycles. The normalized spacial score (nSPS) is 23.1. The van der Waals surface area contributed by atoms with Crippen molar-refractivity contribution in [2.24, 2.45) is 5.92 Å². The average molecular weight is 265 g/mol. The van der Waals surface area contributed by atoms with Crippen molar-refractivity contribution in [1.29, 1.82) is 0 Å². The molecule has 0 spiro atoms. The maximum atomic E-state index is 12.3. The highest BCUT2D eigenvalue weighted by Crippen LogP contribution is 2.28. The van der Waals surface area contributed by atoms with Gasteiger partial charge >= 0.3 is 5.97 Å². The molecule has 1 aromatic rings. The number of carbonyl (C=O) groups excluding carboxylic acids is 1. The van der Waals surface area contributed by atoms with Gasteiger partial charge in [-0.15, -0.1) is 0 Å². The Morgan fingerprint density at radius 2 is 2.05 bits per heavy atom. The van der Waals surface area contributed by atoms with E-state index in [1.165, 1.54) is 12.5 Å². The van der Waals surface area contributed by atoms with Crippen LogP contribution in [0.1, 0.15) is 53.5 Å². The molecule has 1 fully saturated rings. The number of carboxylic acid groups (broad SMARTS) is 1. The van der Waals surface area contributed by atoms with Crippen LogP contribution in [0.3, 0.4) is 0 Å². The van der Waals surface area contributed by atoms with Gasteiger partial charge in [0.1, 0.15) is 6.26 Å². The lowest BCUT2D eigenvalue weighted by atomic mass is 9.85. The quantitative estimate of drug-likeness (QED) is 0.912. The second-order valence-corrected chi connectivity index (χ2v) is 5.25. The number of hydrogen-bond donors (Lipinski definition) is 1. The molecule has 1 aliphatic rings. The van der Waals surface area contributed by atoms with Gasteiger partial charge in [-0.2, -0.15) is 0 Å². The van der Waals surface area contributed by atoms with Gasteiger partial charge in [0.25, 0.3) is 5.91 Å². The van der Waals surface area contributed by atoms with Crippen molar-refractivity contribution in [3.05, 3.63) is 23.7 Å². The van der Waals surface area contributed by atoms with E-state index in [4.69, 9.17) is 9.52 Å². The average Bonchev–Trinajstić information content (AvgIpc) is 2.87. The summed E-state index contributed by atoms with van der Waals surface area (Å²) in [6.45, 7) is 2.15. The van der Waals surface area contributed by atoms with Crippen molar-refractivity contribution < 1.29 is 19.1 Å². The van der Waals surface area contributed by atoms with Crippen molar-refractivity contribution in [3.8, 4) is 0 Å². The second-order valence-electron chi connectivity index (χ2n) is 5.25. The highest BCUT2D eigenvalue weighted by molar-refractivity contribution is 5.95. The Hall–Kier alpha value is -1.78. The van der Waals surface area contributed by atoms with Crippen LogP contribution in [-0.4, -0.2) is 35.0 Å². The van der Waals surface area contributed by atoms with E-state index in [2.05, 4.69) is 6.92 Å². The number of hydrogen-bond acceptors (Lipinski definition) is 3. The molecule has 104 valence electrons. The molecule has 5 heteroatoms. The largest absolute Gasteiger partial charge is 0.478 e. The zero-order chi connectivity index (χ0) is 14.0. The first-order chi connectivity index (χ1) is 9.00. The van der Waals surface area contributed by atoms with Gasteiger partial charge in [0.15, 0.2) is 5.76 Å². The Bertz CT molecular complexity index is 480. The first-order valence-electron chi connectivity index (χ1n) is 6.59. The van der Waals surface area contributed by atoms with E-state index in [1.807, 2.05) is 0 Å². The lowest BCUT2D eigenvalue weighted by molar-refractivity contribution is 0.0597. The predicted octanol–water partition coefficient (Wildman–Crippen LogP) is 2.63. The molecule has 1 aliphatic carbocycles. The Morgan fingerprint density at radius 3 is 2.63 bits per heavy atom. The van der Waals surface area contributed by atoms with Gasteiger partial charge in [0, 0.05) is 19.2 Å². The molecule has 19 heavy (non-hydrogen) atoms. The predicted molar refractivity (Wildman–Crippen MR) is 69.2 cm³/mol. The number of nitrogens with zero attached hydrogens (tertiary/aromatic N) is 1. The van der Waals surface area contributed by atoms with Crippen LogP contribution in [-0.2, 0) is 0 Å². The van der Waals surface area contributed by atoms with Crippen LogP contribution in [0.5, 0.6) is 0 Å². The smallest absolute Gasteiger partial charge is 0.338 e. The topological polar surface area (TPSA) is 70.8 Å². The van der Waals surface area contributed by atoms with Crippen LogP contribution in [0, 0.1) is 5.92 Å². The summed E-state index contributed by atoms with van der Waals surface area (Å²) in [5.74, 6) is -0.767. The number of carboxylic acids is 1. The minimum atomic E-state index is -1.09. The number of aromatic carboxylic acids is 1. The van der Waals surface area contributed by atoms with Gasteiger partial charge in [0.05, 0.1) is 5.56 Å². The molecule has 0 saturated heterocycles. The summed E-state index contributed by atoms with van der Waals surface area (Å²) < 4.78 is 5.06. The molecule has 0 bridgehead atoms. The van der Waals surface area contributed by atoms with Crippen LogP contribution < -0.4 is 0 Å². The zero-order valence-corrected chi connectivity index (χ0v) is 11.3. The Kier molecular flexibility index (Phi) is 3.93. The summed E-state index contributed by atoms with van der Waals surface area (Å²) in [5, 5.41) is 8.82. The third kappa shape index (κ3) is 2.80. The van der Waals surface area contributed by atoms with Gasteiger partial charge in [-0.05, 0) is 18.8 Å². The second kappa shape index (κ2) is 5.47. The van der Waals surface area contributed by atoms with Gasteiger partial charge in [-0.1, -0.05) is 19.8 Å². The molecular weight excluding hydrogens is 246 g/mol. The summed E-state index contributed by atoms with van der Waals surface area (Å²) in [5.41, 5.74) is 0.00782. The van der Waals surface area contributed by atoms with E-state index >= 15 is 0 Å². The molecular formula is C14H19NO4. The summed E-state index contributed by atoms with van der Waals surface area (Å²) in [6, 6.07) is 1.49. The molecule has 0 radical (unpaired) electrons. The van der Waals surface area contributed by atoms with Crippen LogP contribution in [0.2, 0.25) is 0 Å². The fraction of sp³-hybridized carbons (Fsp3) is 0.571. The van der Waals surface area contributed by atoms with E-state index in [-0.39, 0.29) is 23.3 Å². The zero-order valence-electron chi connectivity index (χ0n) is 11.3. The summed E-state index contributed by atoms with van der Waals surface area (Å²) >= 11 is 0. The maximum Gasteiger partial charge on any atom is 0.338 e. The van der Waals surface area contributed by atoms with Crippen LogP contribution in [0.4, 0.5) is 0 Å². The molecule has 1 N–H and O–H groups in total. The highest BCUT2D eigenvalue weighted by atomic mass is 16.4. The Balaban J connectivity index is 2.11. The van der Waals surface area contributed by atoms with E-state index in [0.29, 0.717) is 5.92 Å². The van der Waals surface area contributed by atoms with Crippen molar-refractivity contribution >= 4 is 11.9 Å². The summed E-state index contributed by atoms with van der Waals surface area (Å²) in [7, 11) is 1.76. The third-order valence-corrected chi connectivity index (χ3v) is 3.94. The van der Waals surface area contributed by atoms with Gasteiger partial charge < -0.3 is 14.4 Å². The SMILES string of the molecule is CC1CCCCC1N(C)C(=O)c1cc(C(=O)O)co1. The van der Waals surface area contributed by atoms with Crippen molar-refractivity contribution in [2.75, 3.05) is 7.05 Å². The molecule has 1 amide bonds. The molecule has 1 heterocycles. The van der Waals surface area contributed by atoms with Crippen LogP contribution in [0.25, 0.3) is 0 Å². The van der Waals surface area contributed by atoms with E-state index < -0.39 is 5.97 Å². The minimum absolute atomic E-state index is 0.00782. The molecule has 5 nitrogen and oxygen atoms in total.